The second-order valence-corrected chi connectivity index (χ2v) is 3.52. The van der Waals surface area contributed by atoms with Crippen molar-refractivity contribution in [3.05, 3.63) is 18.0 Å². The third-order valence-electron chi connectivity index (χ3n) is 1.83. The molecular weight excluding hydrogens is 156 g/mol. The summed E-state index contributed by atoms with van der Waals surface area (Å²) in [4.78, 5) is 8.52. The van der Waals surface area contributed by atoms with Gasteiger partial charge in [0.15, 0.2) is 5.16 Å². The maximum atomic E-state index is 4.41. The molecule has 0 N–H and O–H groups in total. The average molecular weight is 166 g/mol. The van der Waals surface area contributed by atoms with Crippen molar-refractivity contribution in [1.29, 1.82) is 0 Å². The fourth-order valence-corrected chi connectivity index (χ4v) is 1.42. The van der Waals surface area contributed by atoms with Crippen molar-refractivity contribution in [3.8, 4) is 0 Å². The minimum atomic E-state index is 0.740. The van der Waals surface area contributed by atoms with Crippen LogP contribution in [0.2, 0.25) is 0 Å². The highest BCUT2D eigenvalue weighted by atomic mass is 32.2. The summed E-state index contributed by atoms with van der Waals surface area (Å²) in [6.07, 6.45) is 6.48. The predicted octanol–water partition coefficient (Wildman–Crippen LogP) is 2.08. The summed E-state index contributed by atoms with van der Waals surface area (Å²) in [5, 5.41) is 0.898. The van der Waals surface area contributed by atoms with E-state index < -0.39 is 0 Å². The van der Waals surface area contributed by atoms with Crippen LogP contribution in [0.25, 0.3) is 0 Å². The quantitative estimate of drug-likeness (QED) is 0.497. The lowest BCUT2D eigenvalue weighted by atomic mass is 10.3. The molecule has 1 fully saturated rings. The molecule has 0 aliphatic heterocycles. The molecule has 1 heterocycles. The molecule has 0 saturated heterocycles. The molecule has 2 nitrogen and oxygen atoms in total. The van der Waals surface area contributed by atoms with Gasteiger partial charge >= 0.3 is 0 Å². The van der Waals surface area contributed by atoms with Crippen LogP contribution >= 0.6 is 11.8 Å². The van der Waals surface area contributed by atoms with Crippen LogP contribution in [0.5, 0.6) is 0 Å². The maximum Gasteiger partial charge on any atom is 0.187 e. The summed E-state index contributed by atoms with van der Waals surface area (Å²) in [7, 11) is 0. The third-order valence-corrected chi connectivity index (χ3v) is 2.40. The summed E-state index contributed by atoms with van der Waals surface area (Å²) < 4.78 is 0. The Morgan fingerprint density at radius 1 is 1.55 bits per heavy atom. The third kappa shape index (κ3) is 1.53. The molecule has 0 radical (unpaired) electrons. The zero-order chi connectivity index (χ0) is 7.68. The Labute approximate surface area is 70.4 Å². The van der Waals surface area contributed by atoms with Crippen molar-refractivity contribution in [2.24, 2.45) is 0 Å². The second kappa shape index (κ2) is 2.81. The summed E-state index contributed by atoms with van der Waals surface area (Å²) in [5.74, 6) is 0.740. The van der Waals surface area contributed by atoms with Crippen LogP contribution in [0.4, 0.5) is 0 Å². The number of rotatable bonds is 2. The van der Waals surface area contributed by atoms with Crippen molar-refractivity contribution < 1.29 is 0 Å². The summed E-state index contributed by atoms with van der Waals surface area (Å²) in [6.45, 7) is 0. The van der Waals surface area contributed by atoms with Crippen LogP contribution in [0.3, 0.4) is 0 Å². The van der Waals surface area contributed by atoms with Crippen molar-refractivity contribution in [3.63, 3.8) is 0 Å². The molecule has 1 aliphatic rings. The van der Waals surface area contributed by atoms with E-state index in [0.717, 1.165) is 11.1 Å². The van der Waals surface area contributed by atoms with Gasteiger partial charge in [0.05, 0.1) is 0 Å². The highest BCUT2D eigenvalue weighted by Crippen LogP contribution is 2.38. The van der Waals surface area contributed by atoms with E-state index in [9.17, 15) is 0 Å². The van der Waals surface area contributed by atoms with E-state index in [-0.39, 0.29) is 0 Å². The van der Waals surface area contributed by atoms with Gasteiger partial charge in [-0.1, -0.05) is 11.8 Å². The predicted molar refractivity (Wildman–Crippen MR) is 45.8 cm³/mol. The van der Waals surface area contributed by atoms with E-state index in [0.29, 0.717) is 0 Å². The maximum absolute atomic E-state index is 4.41. The molecule has 0 amide bonds. The lowest BCUT2D eigenvalue weighted by Crippen LogP contribution is -1.90. The van der Waals surface area contributed by atoms with Gasteiger partial charge in [-0.05, 0) is 25.2 Å². The first kappa shape index (κ1) is 7.10. The van der Waals surface area contributed by atoms with Crippen LogP contribution in [0.1, 0.15) is 24.5 Å². The topological polar surface area (TPSA) is 25.8 Å². The van der Waals surface area contributed by atoms with Crippen LogP contribution in [-0.4, -0.2) is 16.2 Å². The number of aromatic nitrogens is 2. The van der Waals surface area contributed by atoms with Gasteiger partial charge in [0, 0.05) is 17.8 Å². The van der Waals surface area contributed by atoms with E-state index >= 15 is 0 Å². The fourth-order valence-electron chi connectivity index (χ4n) is 1.06. The first-order chi connectivity index (χ1) is 5.40. The first-order valence-electron chi connectivity index (χ1n) is 3.77. The van der Waals surface area contributed by atoms with Gasteiger partial charge in [-0.25, -0.2) is 9.97 Å². The highest BCUT2D eigenvalue weighted by molar-refractivity contribution is 7.98. The van der Waals surface area contributed by atoms with Gasteiger partial charge in [0.1, 0.15) is 0 Å². The Morgan fingerprint density at radius 3 is 3.00 bits per heavy atom. The number of thioether (sulfide) groups is 1. The molecule has 0 aromatic carbocycles. The standard InChI is InChI=1S/C8H10N2S/c1-11-8-9-5-4-7(10-8)6-2-3-6/h4-6H,2-3H2,1H3. The van der Waals surface area contributed by atoms with Crippen molar-refractivity contribution in [1.82, 2.24) is 9.97 Å². The average Bonchev–Trinajstić information content (AvgIpc) is 2.87. The first-order valence-corrected chi connectivity index (χ1v) is 4.99. The summed E-state index contributed by atoms with van der Waals surface area (Å²) >= 11 is 1.61. The lowest BCUT2D eigenvalue weighted by Gasteiger charge is -1.97. The molecule has 58 valence electrons. The molecule has 0 atom stereocenters. The summed E-state index contributed by atoms with van der Waals surface area (Å²) in [6, 6.07) is 2.03. The van der Waals surface area contributed by atoms with Gasteiger partial charge in [-0.2, -0.15) is 0 Å². The Bertz CT molecular complexity index is 258. The van der Waals surface area contributed by atoms with E-state index in [1.54, 1.807) is 11.8 Å². The molecule has 1 aliphatic carbocycles. The molecular formula is C8H10N2S. The molecule has 1 saturated carbocycles. The van der Waals surface area contributed by atoms with E-state index in [1.807, 2.05) is 18.5 Å². The zero-order valence-electron chi connectivity index (χ0n) is 6.45. The number of nitrogens with zero attached hydrogens (tertiary/aromatic N) is 2. The fraction of sp³-hybridized carbons (Fsp3) is 0.500. The molecule has 1 aromatic rings. The van der Waals surface area contributed by atoms with E-state index in [4.69, 9.17) is 0 Å². The lowest BCUT2D eigenvalue weighted by molar-refractivity contribution is 0.884. The molecule has 0 spiro atoms. The Kier molecular flexibility index (Phi) is 1.82. The molecule has 1 aromatic heterocycles. The van der Waals surface area contributed by atoms with Crippen LogP contribution < -0.4 is 0 Å². The Morgan fingerprint density at radius 2 is 2.36 bits per heavy atom. The smallest absolute Gasteiger partial charge is 0.187 e. The molecule has 0 unspecified atom stereocenters. The van der Waals surface area contributed by atoms with Gasteiger partial charge in [0.2, 0.25) is 0 Å². The number of hydrogen-bond acceptors (Lipinski definition) is 3. The monoisotopic (exact) mass is 166 g/mol. The van der Waals surface area contributed by atoms with E-state index in [1.165, 1.54) is 18.5 Å². The van der Waals surface area contributed by atoms with Crippen LogP contribution in [0, 0.1) is 0 Å². The molecule has 11 heavy (non-hydrogen) atoms. The Hall–Kier alpha value is -0.570. The van der Waals surface area contributed by atoms with Gasteiger partial charge < -0.3 is 0 Å². The van der Waals surface area contributed by atoms with Crippen LogP contribution in [0.15, 0.2) is 17.4 Å². The highest BCUT2D eigenvalue weighted by Gasteiger charge is 2.24. The van der Waals surface area contributed by atoms with Crippen molar-refractivity contribution in [2.75, 3.05) is 6.26 Å². The minimum Gasteiger partial charge on any atom is -0.231 e. The normalized spacial score (nSPS) is 16.8. The van der Waals surface area contributed by atoms with Gasteiger partial charge in [-0.15, -0.1) is 0 Å². The Balaban J connectivity index is 2.26. The van der Waals surface area contributed by atoms with Gasteiger partial charge in [0.25, 0.3) is 0 Å². The molecule has 2 rings (SSSR count). The van der Waals surface area contributed by atoms with Crippen LogP contribution in [-0.2, 0) is 0 Å². The molecule has 0 bridgehead atoms. The SMILES string of the molecule is CSc1nccc(C2CC2)n1. The minimum absolute atomic E-state index is 0.740. The zero-order valence-corrected chi connectivity index (χ0v) is 7.27. The van der Waals surface area contributed by atoms with E-state index in [2.05, 4.69) is 9.97 Å². The largest absolute Gasteiger partial charge is 0.231 e. The van der Waals surface area contributed by atoms with Crippen molar-refractivity contribution in [2.45, 2.75) is 23.9 Å². The van der Waals surface area contributed by atoms with Crippen molar-refractivity contribution >= 4 is 11.8 Å². The summed E-state index contributed by atoms with van der Waals surface area (Å²) in [5.41, 5.74) is 1.23. The number of hydrogen-bond donors (Lipinski definition) is 0. The molecule has 3 heteroatoms. The van der Waals surface area contributed by atoms with Gasteiger partial charge in [-0.3, -0.25) is 0 Å². The second-order valence-electron chi connectivity index (χ2n) is 2.74.